The summed E-state index contributed by atoms with van der Waals surface area (Å²) in [6, 6.07) is 2.38. The molecule has 6 rings (SSSR count). The van der Waals surface area contributed by atoms with Gasteiger partial charge in [-0.05, 0) is 119 Å². The van der Waals surface area contributed by atoms with Gasteiger partial charge in [0.1, 0.15) is 0 Å². The second kappa shape index (κ2) is 8.68. The van der Waals surface area contributed by atoms with Gasteiger partial charge in [0.05, 0.1) is 5.37 Å². The first-order valence-corrected chi connectivity index (χ1v) is 13.7. The fourth-order valence-electron chi connectivity index (χ4n) is 7.03. The molecular weight excluding hydrogens is 394 g/mol. The molecule has 0 aromatic carbocycles. The molecule has 1 aromatic heterocycles. The number of aliphatic hydroxyl groups is 1. The summed E-state index contributed by atoms with van der Waals surface area (Å²) in [5, 5.41) is 16.4. The Morgan fingerprint density at radius 1 is 1.07 bits per heavy atom. The molecular formula is C25H37NOS2. The molecule has 2 N–H and O–H groups in total. The average molecular weight is 432 g/mol. The number of aryl methyl sites for hydroxylation is 3. The van der Waals surface area contributed by atoms with Crippen LogP contribution in [0.4, 0.5) is 0 Å². The molecule has 4 fully saturated rings. The first kappa shape index (κ1) is 20.6. The summed E-state index contributed by atoms with van der Waals surface area (Å²) >= 11 is 4.05. The van der Waals surface area contributed by atoms with Gasteiger partial charge in [0.15, 0.2) is 0 Å². The van der Waals surface area contributed by atoms with E-state index in [1.54, 1.807) is 5.57 Å². The van der Waals surface area contributed by atoms with Gasteiger partial charge in [-0.3, -0.25) is 5.32 Å². The van der Waals surface area contributed by atoms with Crippen molar-refractivity contribution in [2.75, 3.05) is 6.61 Å². The predicted octanol–water partition coefficient (Wildman–Crippen LogP) is 6.21. The van der Waals surface area contributed by atoms with Gasteiger partial charge < -0.3 is 5.11 Å². The molecule has 0 amide bonds. The summed E-state index contributed by atoms with van der Waals surface area (Å²) in [4.78, 5) is 3.00. The zero-order valence-electron chi connectivity index (χ0n) is 17.9. The van der Waals surface area contributed by atoms with Crippen LogP contribution in [0.25, 0.3) is 0 Å². The van der Waals surface area contributed by atoms with E-state index in [2.05, 4.69) is 35.5 Å². The SMILES string of the molecule is Cc1cc(CCC2=CS[C@H](NC34CC5CC(CC(C5)C3)C4)CC2)sc1CCCO. The number of hydrogen-bond acceptors (Lipinski definition) is 4. The van der Waals surface area contributed by atoms with Gasteiger partial charge >= 0.3 is 0 Å². The number of hydrogen-bond donors (Lipinski definition) is 2. The molecule has 0 radical (unpaired) electrons. The van der Waals surface area contributed by atoms with Crippen LogP contribution in [0.2, 0.25) is 0 Å². The maximum Gasteiger partial charge on any atom is 0.0580 e. The molecule has 4 saturated carbocycles. The molecule has 0 unspecified atom stereocenters. The maximum atomic E-state index is 9.08. The summed E-state index contributed by atoms with van der Waals surface area (Å²) in [6.45, 7) is 2.53. The summed E-state index contributed by atoms with van der Waals surface area (Å²) < 4.78 is 0. The quantitative estimate of drug-likeness (QED) is 0.513. The number of thiophene rings is 1. The van der Waals surface area contributed by atoms with Crippen molar-refractivity contribution in [1.82, 2.24) is 5.32 Å². The van der Waals surface area contributed by atoms with Gasteiger partial charge in [-0.2, -0.15) is 0 Å². The van der Waals surface area contributed by atoms with E-state index in [-0.39, 0.29) is 0 Å². The maximum absolute atomic E-state index is 9.08. The fourth-order valence-corrected chi connectivity index (χ4v) is 9.41. The van der Waals surface area contributed by atoms with Crippen LogP contribution in [0.5, 0.6) is 0 Å². The highest BCUT2D eigenvalue weighted by molar-refractivity contribution is 8.02. The van der Waals surface area contributed by atoms with Crippen molar-refractivity contribution in [3.63, 3.8) is 0 Å². The van der Waals surface area contributed by atoms with Gasteiger partial charge in [-0.15, -0.1) is 23.1 Å². The fraction of sp³-hybridized carbons (Fsp3) is 0.760. The molecule has 4 bridgehead atoms. The van der Waals surface area contributed by atoms with Crippen molar-refractivity contribution >= 4 is 23.1 Å². The highest BCUT2D eigenvalue weighted by Gasteiger charge is 2.51. The Labute approximate surface area is 184 Å². The lowest BCUT2D eigenvalue weighted by Gasteiger charge is -2.58. The summed E-state index contributed by atoms with van der Waals surface area (Å²) in [6.07, 6.45) is 15.9. The van der Waals surface area contributed by atoms with Crippen molar-refractivity contribution in [2.24, 2.45) is 17.8 Å². The molecule has 29 heavy (non-hydrogen) atoms. The lowest BCUT2D eigenvalue weighted by molar-refractivity contribution is -0.0212. The molecule has 1 aromatic rings. The highest BCUT2D eigenvalue weighted by atomic mass is 32.2. The second-order valence-electron chi connectivity index (χ2n) is 10.4. The van der Waals surface area contributed by atoms with Crippen molar-refractivity contribution in [2.45, 2.75) is 94.9 Å². The van der Waals surface area contributed by atoms with E-state index in [4.69, 9.17) is 5.11 Å². The van der Waals surface area contributed by atoms with Crippen molar-refractivity contribution in [3.05, 3.63) is 32.4 Å². The van der Waals surface area contributed by atoms with E-state index in [9.17, 15) is 0 Å². The Morgan fingerprint density at radius 2 is 1.79 bits per heavy atom. The number of aliphatic hydroxyl groups excluding tert-OH is 1. The highest BCUT2D eigenvalue weighted by Crippen LogP contribution is 2.56. The van der Waals surface area contributed by atoms with Crippen molar-refractivity contribution < 1.29 is 5.11 Å². The third kappa shape index (κ3) is 4.66. The van der Waals surface area contributed by atoms with Crippen molar-refractivity contribution in [1.29, 1.82) is 0 Å². The zero-order chi connectivity index (χ0) is 19.8. The Bertz CT molecular complexity index is 717. The molecule has 4 aliphatic carbocycles. The Hall–Kier alpha value is -0.290. The Morgan fingerprint density at radius 3 is 2.41 bits per heavy atom. The number of rotatable bonds is 8. The van der Waals surface area contributed by atoms with E-state index >= 15 is 0 Å². The molecule has 1 atom stereocenters. The molecule has 5 aliphatic rings. The van der Waals surface area contributed by atoms with Crippen LogP contribution in [0.15, 0.2) is 17.0 Å². The van der Waals surface area contributed by atoms with E-state index in [1.807, 2.05) is 11.3 Å². The molecule has 0 saturated heterocycles. The number of thioether (sulfide) groups is 1. The standard InChI is InChI=1S/C25H37NOS2/c1-17-9-22(29-23(17)3-2-8-27)6-4-18-5-7-24(28-16-18)26-25-13-19-10-20(14-25)12-21(11-19)15-25/h9,16,19-21,24,26-27H,2-8,10-15H2,1H3/t19?,20?,21?,24-,25?/m0/s1. The minimum Gasteiger partial charge on any atom is -0.396 e. The van der Waals surface area contributed by atoms with Crippen LogP contribution in [0, 0.1) is 24.7 Å². The summed E-state index contributed by atoms with van der Waals surface area (Å²) in [5.74, 6) is 3.10. The van der Waals surface area contributed by atoms with E-state index < -0.39 is 0 Å². The minimum absolute atomic E-state index is 0.301. The van der Waals surface area contributed by atoms with Crippen LogP contribution in [0.1, 0.15) is 79.5 Å². The Balaban J connectivity index is 1.12. The minimum atomic E-state index is 0.301. The second-order valence-corrected chi connectivity index (χ2v) is 12.7. The van der Waals surface area contributed by atoms with Gasteiger partial charge in [-0.25, -0.2) is 0 Å². The molecule has 1 aliphatic heterocycles. The lowest BCUT2D eigenvalue weighted by atomic mass is 9.53. The lowest BCUT2D eigenvalue weighted by Crippen LogP contribution is -2.60. The molecule has 0 spiro atoms. The monoisotopic (exact) mass is 431 g/mol. The molecule has 2 heterocycles. The molecule has 160 valence electrons. The van der Waals surface area contributed by atoms with E-state index in [0.29, 0.717) is 17.5 Å². The third-order valence-electron chi connectivity index (χ3n) is 7.96. The normalized spacial score (nSPS) is 35.9. The van der Waals surface area contributed by atoms with Gasteiger partial charge in [0.25, 0.3) is 0 Å². The topological polar surface area (TPSA) is 32.3 Å². The van der Waals surface area contributed by atoms with Crippen molar-refractivity contribution in [3.8, 4) is 0 Å². The van der Waals surface area contributed by atoms with Crippen LogP contribution in [0.3, 0.4) is 0 Å². The van der Waals surface area contributed by atoms with Gasteiger partial charge in [0, 0.05) is 21.9 Å². The average Bonchev–Trinajstić information content (AvgIpc) is 3.04. The predicted molar refractivity (Wildman–Crippen MR) is 126 cm³/mol. The largest absolute Gasteiger partial charge is 0.396 e. The van der Waals surface area contributed by atoms with Gasteiger partial charge in [-0.1, -0.05) is 5.57 Å². The first-order valence-electron chi connectivity index (χ1n) is 11.9. The van der Waals surface area contributed by atoms with Gasteiger partial charge in [0.2, 0.25) is 0 Å². The first-order chi connectivity index (χ1) is 14.1. The smallest absolute Gasteiger partial charge is 0.0580 e. The summed E-state index contributed by atoms with van der Waals surface area (Å²) in [7, 11) is 0. The van der Waals surface area contributed by atoms with Crippen LogP contribution in [-0.2, 0) is 12.8 Å². The number of allylic oxidation sites excluding steroid dienone is 1. The molecule has 2 nitrogen and oxygen atoms in total. The van der Waals surface area contributed by atoms with Crippen LogP contribution < -0.4 is 5.32 Å². The summed E-state index contributed by atoms with van der Waals surface area (Å²) in [5.41, 5.74) is 3.57. The van der Waals surface area contributed by atoms with Crippen LogP contribution >= 0.6 is 23.1 Å². The zero-order valence-corrected chi connectivity index (χ0v) is 19.6. The molecule has 4 heteroatoms. The third-order valence-corrected chi connectivity index (χ3v) is 10.5. The van der Waals surface area contributed by atoms with Crippen LogP contribution in [-0.4, -0.2) is 22.6 Å². The van der Waals surface area contributed by atoms with E-state index in [1.165, 1.54) is 79.5 Å². The Kier molecular flexibility index (Phi) is 6.17. The number of nitrogens with one attached hydrogen (secondary N) is 1. The van der Waals surface area contributed by atoms with E-state index in [0.717, 1.165) is 30.6 Å².